The minimum absolute atomic E-state index is 0.0600. The molecule has 0 aliphatic carbocycles. The van der Waals surface area contributed by atoms with Crippen LogP contribution < -0.4 is 5.32 Å². The second-order valence-electron chi connectivity index (χ2n) is 5.17. The van der Waals surface area contributed by atoms with Crippen molar-refractivity contribution in [2.45, 2.75) is 19.4 Å². The number of hydrogen-bond acceptors (Lipinski definition) is 3. The summed E-state index contributed by atoms with van der Waals surface area (Å²) < 4.78 is 5.14. The van der Waals surface area contributed by atoms with Gasteiger partial charge in [-0.2, -0.15) is 0 Å². The first-order valence-corrected chi connectivity index (χ1v) is 8.21. The number of nitrogens with one attached hydrogen (secondary N) is 1. The Bertz CT molecular complexity index is 699. The highest BCUT2D eigenvalue weighted by atomic mass is 35.5. The number of rotatable bonds is 6. The van der Waals surface area contributed by atoms with Crippen molar-refractivity contribution < 1.29 is 14.3 Å². The van der Waals surface area contributed by atoms with Crippen molar-refractivity contribution in [1.82, 2.24) is 5.32 Å². The third-order valence-corrected chi connectivity index (χ3v) is 4.01. The van der Waals surface area contributed by atoms with Gasteiger partial charge >= 0.3 is 5.97 Å². The summed E-state index contributed by atoms with van der Waals surface area (Å²) in [5, 5.41) is 3.10. The average Bonchev–Trinajstić information content (AvgIpc) is 2.55. The van der Waals surface area contributed by atoms with Crippen molar-refractivity contribution in [3.05, 3.63) is 69.7 Å². The molecule has 1 N–H and O–H groups in total. The first-order valence-electron chi connectivity index (χ1n) is 7.45. The lowest BCUT2D eigenvalue weighted by atomic mass is 10.1. The van der Waals surface area contributed by atoms with Crippen molar-refractivity contribution in [3.8, 4) is 0 Å². The molecule has 0 heterocycles. The quantitative estimate of drug-likeness (QED) is 0.789. The number of halogens is 2. The molecule has 2 aromatic carbocycles. The summed E-state index contributed by atoms with van der Waals surface area (Å²) in [5.41, 5.74) is 1.18. The summed E-state index contributed by atoms with van der Waals surface area (Å²) in [5.74, 6) is -1.10. The maximum Gasteiger partial charge on any atom is 0.341 e. The molecule has 0 fully saturated rings. The van der Waals surface area contributed by atoms with E-state index in [1.807, 2.05) is 30.3 Å². The minimum Gasteiger partial charge on any atom is -0.449 e. The van der Waals surface area contributed by atoms with Crippen LogP contribution in [0.15, 0.2) is 48.5 Å². The summed E-state index contributed by atoms with van der Waals surface area (Å²) in [6.07, 6.45) is -0.246. The van der Waals surface area contributed by atoms with Crippen LogP contribution in [0.3, 0.4) is 0 Å². The SMILES string of the molecule is CC(OC(=O)c1c(Cl)cccc1Cl)C(=O)NCCc1ccccc1. The fourth-order valence-electron chi connectivity index (χ4n) is 2.08. The van der Waals surface area contributed by atoms with E-state index >= 15 is 0 Å². The minimum atomic E-state index is -0.944. The molecule has 0 saturated heterocycles. The van der Waals surface area contributed by atoms with Gasteiger partial charge < -0.3 is 10.1 Å². The van der Waals surface area contributed by atoms with Gasteiger partial charge in [0, 0.05) is 6.54 Å². The molecule has 126 valence electrons. The van der Waals surface area contributed by atoms with Crippen LogP contribution in [0.1, 0.15) is 22.8 Å². The molecule has 0 aliphatic heterocycles. The molecular formula is C18H17Cl2NO3. The lowest BCUT2D eigenvalue weighted by Gasteiger charge is -2.14. The summed E-state index contributed by atoms with van der Waals surface area (Å²) in [7, 11) is 0. The molecule has 0 bridgehead atoms. The molecule has 4 nitrogen and oxygen atoms in total. The zero-order valence-corrected chi connectivity index (χ0v) is 14.6. The highest BCUT2D eigenvalue weighted by molar-refractivity contribution is 6.39. The van der Waals surface area contributed by atoms with E-state index in [9.17, 15) is 9.59 Å². The van der Waals surface area contributed by atoms with Crippen molar-refractivity contribution in [2.24, 2.45) is 0 Å². The molecule has 24 heavy (non-hydrogen) atoms. The molecule has 2 aromatic rings. The molecule has 2 rings (SSSR count). The average molecular weight is 366 g/mol. The zero-order valence-electron chi connectivity index (χ0n) is 13.1. The van der Waals surface area contributed by atoms with Gasteiger partial charge in [-0.1, -0.05) is 59.6 Å². The van der Waals surface area contributed by atoms with Gasteiger partial charge in [0.2, 0.25) is 0 Å². The van der Waals surface area contributed by atoms with E-state index in [1.165, 1.54) is 19.1 Å². The van der Waals surface area contributed by atoms with E-state index in [1.54, 1.807) is 6.07 Å². The summed E-state index contributed by atoms with van der Waals surface area (Å²) in [6.45, 7) is 1.96. The Kier molecular flexibility index (Phi) is 6.64. The van der Waals surface area contributed by atoms with Crippen LogP contribution in [-0.2, 0) is 16.0 Å². The van der Waals surface area contributed by atoms with Crippen LogP contribution in [0, 0.1) is 0 Å². The lowest BCUT2D eigenvalue weighted by molar-refractivity contribution is -0.129. The molecule has 1 amide bonds. The molecule has 6 heteroatoms. The third-order valence-electron chi connectivity index (χ3n) is 3.38. The van der Waals surface area contributed by atoms with Gasteiger partial charge in [-0.05, 0) is 31.0 Å². The lowest BCUT2D eigenvalue weighted by Crippen LogP contribution is -2.37. The van der Waals surface area contributed by atoms with Gasteiger partial charge in [0.05, 0.1) is 15.6 Å². The molecule has 0 aromatic heterocycles. The Hall–Kier alpha value is -2.04. The van der Waals surface area contributed by atoms with E-state index in [2.05, 4.69) is 5.32 Å². The fourth-order valence-corrected chi connectivity index (χ4v) is 2.64. The normalized spacial score (nSPS) is 11.6. The van der Waals surface area contributed by atoms with Gasteiger partial charge in [0.1, 0.15) is 0 Å². The van der Waals surface area contributed by atoms with Gasteiger partial charge in [-0.25, -0.2) is 4.79 Å². The largest absolute Gasteiger partial charge is 0.449 e. The maximum atomic E-state index is 12.1. The van der Waals surface area contributed by atoms with Gasteiger partial charge in [-0.3, -0.25) is 4.79 Å². The predicted molar refractivity (Wildman–Crippen MR) is 94.5 cm³/mol. The Balaban J connectivity index is 1.86. The van der Waals surface area contributed by atoms with Crippen LogP contribution in [0.5, 0.6) is 0 Å². The second-order valence-corrected chi connectivity index (χ2v) is 5.99. The Morgan fingerprint density at radius 3 is 2.29 bits per heavy atom. The molecule has 1 atom stereocenters. The number of hydrogen-bond donors (Lipinski definition) is 1. The standard InChI is InChI=1S/C18H17Cl2NO3/c1-12(17(22)21-11-10-13-6-3-2-4-7-13)24-18(23)16-14(19)8-5-9-15(16)20/h2-9,12H,10-11H2,1H3,(H,21,22). The number of carbonyl (C=O) groups excluding carboxylic acids is 2. The number of ether oxygens (including phenoxy) is 1. The first-order chi connectivity index (χ1) is 11.5. The fraction of sp³-hybridized carbons (Fsp3) is 0.222. The molecule has 0 aliphatic rings. The Morgan fingerprint density at radius 1 is 1.04 bits per heavy atom. The molecule has 0 saturated carbocycles. The van der Waals surface area contributed by atoms with Crippen LogP contribution >= 0.6 is 23.2 Å². The Labute approximate surface area is 150 Å². The smallest absolute Gasteiger partial charge is 0.341 e. The number of esters is 1. The van der Waals surface area contributed by atoms with Crippen molar-refractivity contribution >= 4 is 35.1 Å². The zero-order chi connectivity index (χ0) is 17.5. The molecule has 0 spiro atoms. The predicted octanol–water partition coefficient (Wildman–Crippen LogP) is 3.90. The summed E-state index contributed by atoms with van der Waals surface area (Å²) in [4.78, 5) is 24.1. The highest BCUT2D eigenvalue weighted by Crippen LogP contribution is 2.25. The van der Waals surface area contributed by atoms with Crippen LogP contribution in [0.25, 0.3) is 0 Å². The van der Waals surface area contributed by atoms with Crippen molar-refractivity contribution in [2.75, 3.05) is 6.54 Å². The monoisotopic (exact) mass is 365 g/mol. The third kappa shape index (κ3) is 4.98. The van der Waals surface area contributed by atoms with Gasteiger partial charge in [0.15, 0.2) is 6.10 Å². The summed E-state index contributed by atoms with van der Waals surface area (Å²) in [6, 6.07) is 14.5. The Morgan fingerprint density at radius 2 is 1.67 bits per heavy atom. The number of amides is 1. The van der Waals surface area contributed by atoms with Crippen LogP contribution in [0.2, 0.25) is 10.0 Å². The maximum absolute atomic E-state index is 12.1. The van der Waals surface area contributed by atoms with E-state index in [4.69, 9.17) is 27.9 Å². The van der Waals surface area contributed by atoms with Crippen LogP contribution in [-0.4, -0.2) is 24.5 Å². The molecule has 1 unspecified atom stereocenters. The number of benzene rings is 2. The van der Waals surface area contributed by atoms with E-state index in [0.717, 1.165) is 5.56 Å². The van der Waals surface area contributed by atoms with E-state index in [0.29, 0.717) is 13.0 Å². The number of carbonyl (C=O) groups is 2. The summed E-state index contributed by atoms with van der Waals surface area (Å²) >= 11 is 11.9. The van der Waals surface area contributed by atoms with Gasteiger partial charge in [-0.15, -0.1) is 0 Å². The topological polar surface area (TPSA) is 55.4 Å². The van der Waals surface area contributed by atoms with Crippen molar-refractivity contribution in [3.63, 3.8) is 0 Å². The molecule has 0 radical (unpaired) electrons. The highest BCUT2D eigenvalue weighted by Gasteiger charge is 2.22. The van der Waals surface area contributed by atoms with E-state index < -0.39 is 12.1 Å². The second kappa shape index (κ2) is 8.71. The first kappa shape index (κ1) is 18.3. The van der Waals surface area contributed by atoms with Crippen molar-refractivity contribution in [1.29, 1.82) is 0 Å². The van der Waals surface area contributed by atoms with E-state index in [-0.39, 0.29) is 21.5 Å². The molecular weight excluding hydrogens is 349 g/mol. The van der Waals surface area contributed by atoms with Gasteiger partial charge in [0.25, 0.3) is 5.91 Å². The van der Waals surface area contributed by atoms with Crippen LogP contribution in [0.4, 0.5) is 0 Å².